The van der Waals surface area contributed by atoms with Crippen LogP contribution < -0.4 is 0 Å². The average Bonchev–Trinajstić information content (AvgIpc) is 2.40. The van der Waals surface area contributed by atoms with E-state index in [1.165, 1.54) is 0 Å². The van der Waals surface area contributed by atoms with Crippen LogP contribution in [0.25, 0.3) is 0 Å². The van der Waals surface area contributed by atoms with Crippen LogP contribution in [0.2, 0.25) is 0 Å². The Morgan fingerprint density at radius 1 is 1.37 bits per heavy atom. The van der Waals surface area contributed by atoms with E-state index in [4.69, 9.17) is 0 Å². The molecule has 1 aliphatic rings. The van der Waals surface area contributed by atoms with Crippen molar-refractivity contribution in [2.45, 2.75) is 45.1 Å². The predicted molar refractivity (Wildman–Crippen MR) is 79.4 cm³/mol. The summed E-state index contributed by atoms with van der Waals surface area (Å²) < 4.78 is 0.869. The molecule has 1 aliphatic carbocycles. The zero-order valence-corrected chi connectivity index (χ0v) is 13.1. The first-order valence-electron chi connectivity index (χ1n) is 6.81. The number of aliphatic hydroxyl groups is 1. The van der Waals surface area contributed by atoms with Gasteiger partial charge in [-0.2, -0.15) is 5.26 Å². The van der Waals surface area contributed by atoms with Gasteiger partial charge in [0.15, 0.2) is 0 Å². The Morgan fingerprint density at radius 3 is 2.47 bits per heavy atom. The van der Waals surface area contributed by atoms with E-state index in [1.807, 2.05) is 24.3 Å². The molecule has 3 heteroatoms. The average molecular weight is 322 g/mol. The van der Waals surface area contributed by atoms with Crippen LogP contribution in [0.3, 0.4) is 0 Å². The van der Waals surface area contributed by atoms with E-state index in [1.54, 1.807) is 6.92 Å². The molecule has 0 radical (unpaired) electrons. The summed E-state index contributed by atoms with van der Waals surface area (Å²) in [6.45, 7) is 4.00. The van der Waals surface area contributed by atoms with Crippen LogP contribution in [0.4, 0.5) is 0 Å². The van der Waals surface area contributed by atoms with Crippen molar-refractivity contribution < 1.29 is 5.11 Å². The molecule has 0 spiro atoms. The maximum absolute atomic E-state index is 11.1. The van der Waals surface area contributed by atoms with E-state index < -0.39 is 11.0 Å². The predicted octanol–water partition coefficient (Wildman–Crippen LogP) is 4.38. The summed E-state index contributed by atoms with van der Waals surface area (Å²) >= 11 is 3.49. The molecule has 0 bridgehead atoms. The van der Waals surface area contributed by atoms with Crippen molar-refractivity contribution in [2.75, 3.05) is 0 Å². The molecular weight excluding hydrogens is 302 g/mol. The lowest BCUT2D eigenvalue weighted by atomic mass is 9.61. The van der Waals surface area contributed by atoms with Crippen LogP contribution >= 0.6 is 15.9 Å². The fourth-order valence-electron chi connectivity index (χ4n) is 3.08. The smallest absolute Gasteiger partial charge is 0.106 e. The second-order valence-corrected chi connectivity index (χ2v) is 6.78. The van der Waals surface area contributed by atoms with Gasteiger partial charge in [-0.1, -0.05) is 41.1 Å². The number of nitrogens with zero attached hydrogens (tertiary/aromatic N) is 1. The maximum Gasteiger partial charge on any atom is 0.106 e. The van der Waals surface area contributed by atoms with Crippen LogP contribution in [0.1, 0.15) is 45.1 Å². The molecule has 1 aromatic carbocycles. The summed E-state index contributed by atoms with van der Waals surface area (Å²) in [5.41, 5.74) is -0.989. The largest absolute Gasteiger partial charge is 0.384 e. The number of hydrogen-bond donors (Lipinski definition) is 1. The number of hydrogen-bond acceptors (Lipinski definition) is 2. The minimum atomic E-state index is -1.12. The fourth-order valence-corrected chi connectivity index (χ4v) is 3.75. The molecule has 0 amide bonds. The SMILES string of the molecule is CC1CCC(C#N)(C(C)(O)c2ccccc2Br)CC1. The van der Waals surface area contributed by atoms with E-state index >= 15 is 0 Å². The highest BCUT2D eigenvalue weighted by atomic mass is 79.9. The van der Waals surface area contributed by atoms with Crippen LogP contribution in [-0.4, -0.2) is 5.11 Å². The van der Waals surface area contributed by atoms with Crippen LogP contribution in [0.5, 0.6) is 0 Å². The number of nitriles is 1. The van der Waals surface area contributed by atoms with E-state index in [0.717, 1.165) is 35.7 Å². The van der Waals surface area contributed by atoms with Gasteiger partial charge in [0.05, 0.1) is 11.5 Å². The standard InChI is InChI=1S/C16H20BrNO/c1-12-7-9-16(11-18,10-8-12)15(2,19)13-5-3-4-6-14(13)17/h3-6,12,19H,7-10H2,1-2H3. The molecule has 1 unspecified atom stereocenters. The van der Waals surface area contributed by atoms with Gasteiger partial charge >= 0.3 is 0 Å². The van der Waals surface area contributed by atoms with E-state index in [0.29, 0.717) is 5.92 Å². The van der Waals surface area contributed by atoms with Gasteiger partial charge in [0.1, 0.15) is 5.60 Å². The fraction of sp³-hybridized carbons (Fsp3) is 0.562. The van der Waals surface area contributed by atoms with Gasteiger partial charge in [0.25, 0.3) is 0 Å². The maximum atomic E-state index is 11.1. The normalized spacial score (nSPS) is 30.4. The van der Waals surface area contributed by atoms with Crippen molar-refractivity contribution in [1.82, 2.24) is 0 Å². The Labute approximate surface area is 123 Å². The van der Waals surface area contributed by atoms with Crippen LogP contribution in [-0.2, 0) is 5.60 Å². The highest BCUT2D eigenvalue weighted by molar-refractivity contribution is 9.10. The van der Waals surface area contributed by atoms with Crippen molar-refractivity contribution in [3.05, 3.63) is 34.3 Å². The van der Waals surface area contributed by atoms with Crippen molar-refractivity contribution in [3.8, 4) is 6.07 Å². The molecule has 19 heavy (non-hydrogen) atoms. The van der Waals surface area contributed by atoms with Gasteiger partial charge in [-0.05, 0) is 50.2 Å². The quantitative estimate of drug-likeness (QED) is 0.878. The topological polar surface area (TPSA) is 44.0 Å². The van der Waals surface area contributed by atoms with Gasteiger partial charge < -0.3 is 5.11 Å². The summed E-state index contributed by atoms with van der Waals surface area (Å²) in [7, 11) is 0. The van der Waals surface area contributed by atoms with Crippen LogP contribution in [0.15, 0.2) is 28.7 Å². The number of benzene rings is 1. The Kier molecular flexibility index (Phi) is 4.03. The van der Waals surface area contributed by atoms with Crippen molar-refractivity contribution in [3.63, 3.8) is 0 Å². The molecule has 1 fully saturated rings. The third kappa shape index (κ3) is 2.44. The highest BCUT2D eigenvalue weighted by Crippen LogP contribution is 2.51. The molecule has 1 N–H and O–H groups in total. The van der Waals surface area contributed by atoms with Crippen LogP contribution in [0, 0.1) is 22.7 Å². The first-order valence-corrected chi connectivity index (χ1v) is 7.61. The summed E-state index contributed by atoms with van der Waals surface area (Å²) in [4.78, 5) is 0. The monoisotopic (exact) mass is 321 g/mol. The third-order valence-corrected chi connectivity index (χ3v) is 5.36. The molecule has 1 atom stereocenters. The van der Waals surface area contributed by atoms with Crippen molar-refractivity contribution in [1.29, 1.82) is 5.26 Å². The number of rotatable bonds is 2. The van der Waals surface area contributed by atoms with Crippen molar-refractivity contribution >= 4 is 15.9 Å². The van der Waals surface area contributed by atoms with Gasteiger partial charge in [-0.15, -0.1) is 0 Å². The van der Waals surface area contributed by atoms with Gasteiger partial charge in [0.2, 0.25) is 0 Å². The minimum absolute atomic E-state index is 0.650. The molecule has 102 valence electrons. The third-order valence-electron chi connectivity index (χ3n) is 4.67. The first kappa shape index (κ1) is 14.6. The summed E-state index contributed by atoms with van der Waals surface area (Å²) in [5, 5.41) is 20.8. The van der Waals surface area contributed by atoms with Gasteiger partial charge in [-0.25, -0.2) is 0 Å². The molecule has 0 aromatic heterocycles. The second-order valence-electron chi connectivity index (χ2n) is 5.93. The second kappa shape index (κ2) is 5.26. The number of halogens is 1. The van der Waals surface area contributed by atoms with Crippen molar-refractivity contribution in [2.24, 2.45) is 11.3 Å². The summed E-state index contributed by atoms with van der Waals surface area (Å²) in [5.74, 6) is 0.650. The van der Waals surface area contributed by atoms with Gasteiger partial charge in [-0.3, -0.25) is 0 Å². The Bertz CT molecular complexity index is 496. The van der Waals surface area contributed by atoms with E-state index in [2.05, 4.69) is 28.9 Å². The Balaban J connectivity index is 2.43. The summed E-state index contributed by atoms with van der Waals surface area (Å²) in [6, 6.07) is 10.1. The molecular formula is C16H20BrNO. The zero-order valence-electron chi connectivity index (χ0n) is 11.5. The molecule has 0 heterocycles. The van der Waals surface area contributed by atoms with E-state index in [-0.39, 0.29) is 0 Å². The highest BCUT2D eigenvalue weighted by Gasteiger charge is 2.50. The molecule has 2 nitrogen and oxygen atoms in total. The molecule has 2 rings (SSSR count). The molecule has 1 saturated carbocycles. The molecule has 1 aromatic rings. The lowest BCUT2D eigenvalue weighted by Crippen LogP contribution is -2.45. The summed E-state index contributed by atoms with van der Waals surface area (Å²) in [6.07, 6.45) is 3.54. The van der Waals surface area contributed by atoms with Gasteiger partial charge in [0, 0.05) is 4.47 Å². The lowest BCUT2D eigenvalue weighted by Gasteiger charge is -2.44. The zero-order chi connectivity index (χ0) is 14.1. The van der Waals surface area contributed by atoms with E-state index in [9.17, 15) is 10.4 Å². The molecule has 0 saturated heterocycles. The Hall–Kier alpha value is -0.850. The minimum Gasteiger partial charge on any atom is -0.384 e. The first-order chi connectivity index (χ1) is 8.93. The Morgan fingerprint density at radius 2 is 1.95 bits per heavy atom. The molecule has 0 aliphatic heterocycles. The lowest BCUT2D eigenvalue weighted by molar-refractivity contribution is -0.0691.